The van der Waals surface area contributed by atoms with Crippen LogP contribution in [0.15, 0.2) is 18.2 Å². The molecule has 1 saturated carbocycles. The van der Waals surface area contributed by atoms with Gasteiger partial charge in [0.05, 0.1) is 11.1 Å². The molecule has 1 saturated heterocycles. The first kappa shape index (κ1) is 18.6. The maximum Gasteiger partial charge on any atom is 0.321 e. The average Bonchev–Trinajstić information content (AvgIpc) is 3.33. The first-order valence-electron chi connectivity index (χ1n) is 9.92. The van der Waals surface area contributed by atoms with Crippen molar-refractivity contribution in [2.24, 2.45) is 11.3 Å². The smallest absolute Gasteiger partial charge is 0.321 e. The van der Waals surface area contributed by atoms with E-state index in [4.69, 9.17) is 0 Å². The van der Waals surface area contributed by atoms with E-state index in [2.05, 4.69) is 10.6 Å². The summed E-state index contributed by atoms with van der Waals surface area (Å²) in [7, 11) is 0. The molecule has 2 atom stereocenters. The molecule has 0 bridgehead atoms. The second-order valence-corrected chi connectivity index (χ2v) is 7.94. The molecule has 0 spiro atoms. The molecule has 1 aromatic carbocycles. The number of benzene rings is 1. The van der Waals surface area contributed by atoms with Crippen molar-refractivity contribution < 1.29 is 19.5 Å². The van der Waals surface area contributed by atoms with Crippen LogP contribution in [0.4, 0.5) is 21.0 Å². The molecule has 8 heteroatoms. The molecule has 2 fully saturated rings. The van der Waals surface area contributed by atoms with Gasteiger partial charge in [-0.15, -0.1) is 0 Å². The van der Waals surface area contributed by atoms with Crippen LogP contribution in [-0.4, -0.2) is 54.2 Å². The van der Waals surface area contributed by atoms with Crippen molar-refractivity contribution in [1.82, 2.24) is 10.2 Å². The number of amides is 4. The molecule has 1 aromatic rings. The van der Waals surface area contributed by atoms with Gasteiger partial charge in [-0.25, -0.2) is 9.59 Å². The van der Waals surface area contributed by atoms with Gasteiger partial charge in [0.15, 0.2) is 0 Å². The van der Waals surface area contributed by atoms with E-state index in [0.717, 1.165) is 30.5 Å². The van der Waals surface area contributed by atoms with Crippen molar-refractivity contribution in [3.8, 4) is 0 Å². The summed E-state index contributed by atoms with van der Waals surface area (Å²) in [6, 6.07) is 5.17. The Balaban J connectivity index is 1.47. The summed E-state index contributed by atoms with van der Waals surface area (Å²) >= 11 is 0. The minimum Gasteiger partial charge on any atom is -0.481 e. The molecule has 28 heavy (non-hydrogen) atoms. The predicted molar refractivity (Wildman–Crippen MR) is 105 cm³/mol. The fourth-order valence-electron chi connectivity index (χ4n) is 4.91. The van der Waals surface area contributed by atoms with Gasteiger partial charge in [-0.3, -0.25) is 9.69 Å². The monoisotopic (exact) mass is 386 g/mol. The van der Waals surface area contributed by atoms with Gasteiger partial charge in [-0.2, -0.15) is 0 Å². The first-order valence-corrected chi connectivity index (χ1v) is 9.92. The number of likely N-dealkylation sites (tertiary alicyclic amines) is 1. The van der Waals surface area contributed by atoms with Gasteiger partial charge in [0.2, 0.25) is 0 Å². The molecule has 4 rings (SSSR count). The van der Waals surface area contributed by atoms with Gasteiger partial charge < -0.3 is 20.6 Å². The molecular formula is C20H26N4O4. The zero-order valence-electron chi connectivity index (χ0n) is 16.0. The van der Waals surface area contributed by atoms with Crippen LogP contribution in [0.2, 0.25) is 0 Å². The number of urea groups is 2. The third kappa shape index (κ3) is 2.96. The molecule has 3 aliphatic rings. The SMILES string of the molecule is CCNC(=O)N1CCc2ccc(NC(=O)N3C[C@@H]4CCC[C@@]4(C(=O)O)C3)cc21. The van der Waals surface area contributed by atoms with Gasteiger partial charge in [-0.1, -0.05) is 12.5 Å². The molecule has 0 unspecified atom stereocenters. The predicted octanol–water partition coefficient (Wildman–Crippen LogP) is 2.50. The highest BCUT2D eigenvalue weighted by molar-refractivity contribution is 5.96. The van der Waals surface area contributed by atoms with Crippen molar-refractivity contribution >= 4 is 29.4 Å². The Kier molecular flexibility index (Phi) is 4.64. The lowest BCUT2D eigenvalue weighted by molar-refractivity contribution is -0.149. The van der Waals surface area contributed by atoms with E-state index in [1.807, 2.05) is 25.1 Å². The molecule has 150 valence electrons. The van der Waals surface area contributed by atoms with Crippen LogP contribution in [0.3, 0.4) is 0 Å². The van der Waals surface area contributed by atoms with Crippen molar-refractivity contribution in [3.63, 3.8) is 0 Å². The molecule has 2 aliphatic heterocycles. The van der Waals surface area contributed by atoms with Crippen molar-refractivity contribution in [1.29, 1.82) is 0 Å². The number of carboxylic acids is 1. The molecule has 8 nitrogen and oxygen atoms in total. The highest BCUT2D eigenvalue weighted by Gasteiger charge is 2.55. The summed E-state index contributed by atoms with van der Waals surface area (Å²) in [6.07, 6.45) is 3.19. The van der Waals surface area contributed by atoms with Crippen molar-refractivity contribution in [3.05, 3.63) is 23.8 Å². The van der Waals surface area contributed by atoms with Gasteiger partial charge in [0.1, 0.15) is 0 Å². The lowest BCUT2D eigenvalue weighted by atomic mass is 9.81. The van der Waals surface area contributed by atoms with E-state index >= 15 is 0 Å². The Labute approximate surface area is 163 Å². The minimum atomic E-state index is -0.791. The number of hydrogen-bond donors (Lipinski definition) is 3. The van der Waals surface area contributed by atoms with Crippen LogP contribution in [0, 0.1) is 11.3 Å². The van der Waals surface area contributed by atoms with Gasteiger partial charge in [-0.05, 0) is 49.8 Å². The average molecular weight is 386 g/mol. The highest BCUT2D eigenvalue weighted by atomic mass is 16.4. The lowest BCUT2D eigenvalue weighted by Gasteiger charge is -2.23. The number of carboxylic acid groups (broad SMARTS) is 1. The summed E-state index contributed by atoms with van der Waals surface area (Å²) in [5, 5.41) is 15.4. The highest BCUT2D eigenvalue weighted by Crippen LogP contribution is 2.49. The summed E-state index contributed by atoms with van der Waals surface area (Å²) in [6.45, 7) is 3.79. The van der Waals surface area contributed by atoms with Crippen molar-refractivity contribution in [2.45, 2.75) is 32.6 Å². The number of carbonyl (C=O) groups excluding carboxylic acids is 2. The number of aliphatic carboxylic acids is 1. The van der Waals surface area contributed by atoms with E-state index in [1.54, 1.807) is 9.80 Å². The van der Waals surface area contributed by atoms with E-state index in [1.165, 1.54) is 0 Å². The van der Waals surface area contributed by atoms with Crippen LogP contribution < -0.4 is 15.5 Å². The molecule has 2 heterocycles. The topological polar surface area (TPSA) is 102 Å². The van der Waals surface area contributed by atoms with Crippen LogP contribution in [0.5, 0.6) is 0 Å². The number of rotatable bonds is 3. The third-order valence-electron chi connectivity index (χ3n) is 6.39. The van der Waals surface area contributed by atoms with E-state index in [-0.39, 0.29) is 24.5 Å². The fraction of sp³-hybridized carbons (Fsp3) is 0.550. The summed E-state index contributed by atoms with van der Waals surface area (Å²) in [5.41, 5.74) is 1.71. The second-order valence-electron chi connectivity index (χ2n) is 7.94. The van der Waals surface area contributed by atoms with Gasteiger partial charge in [0.25, 0.3) is 0 Å². The number of nitrogens with one attached hydrogen (secondary N) is 2. The summed E-state index contributed by atoms with van der Waals surface area (Å²) in [4.78, 5) is 40.1. The summed E-state index contributed by atoms with van der Waals surface area (Å²) < 4.78 is 0. The number of fused-ring (bicyclic) bond motifs is 2. The van der Waals surface area contributed by atoms with E-state index in [0.29, 0.717) is 31.7 Å². The van der Waals surface area contributed by atoms with E-state index < -0.39 is 11.4 Å². The maximum absolute atomic E-state index is 12.8. The Morgan fingerprint density at radius 2 is 2.11 bits per heavy atom. The molecular weight excluding hydrogens is 360 g/mol. The number of carbonyl (C=O) groups is 3. The van der Waals surface area contributed by atoms with Gasteiger partial charge in [0, 0.05) is 31.9 Å². The van der Waals surface area contributed by atoms with Crippen LogP contribution in [0.25, 0.3) is 0 Å². The Hall–Kier alpha value is -2.77. The Morgan fingerprint density at radius 3 is 2.82 bits per heavy atom. The normalized spacial score (nSPS) is 25.4. The van der Waals surface area contributed by atoms with E-state index in [9.17, 15) is 19.5 Å². The number of anilines is 2. The second kappa shape index (κ2) is 7.00. The number of hydrogen-bond acceptors (Lipinski definition) is 3. The third-order valence-corrected chi connectivity index (χ3v) is 6.39. The summed E-state index contributed by atoms with van der Waals surface area (Å²) in [5.74, 6) is -0.760. The van der Waals surface area contributed by atoms with Gasteiger partial charge >= 0.3 is 18.0 Å². The Bertz CT molecular complexity index is 826. The zero-order chi connectivity index (χ0) is 19.9. The fourth-order valence-corrected chi connectivity index (χ4v) is 4.91. The maximum atomic E-state index is 12.8. The molecule has 4 amide bonds. The zero-order valence-corrected chi connectivity index (χ0v) is 16.0. The Morgan fingerprint density at radius 1 is 1.29 bits per heavy atom. The molecule has 0 radical (unpaired) electrons. The molecule has 3 N–H and O–H groups in total. The number of nitrogens with zero attached hydrogens (tertiary/aromatic N) is 2. The van der Waals surface area contributed by atoms with Crippen molar-refractivity contribution in [2.75, 3.05) is 36.4 Å². The molecule has 1 aliphatic carbocycles. The first-order chi connectivity index (χ1) is 13.4. The van der Waals surface area contributed by atoms with Crippen LogP contribution in [0.1, 0.15) is 31.7 Å². The minimum absolute atomic E-state index is 0.0315. The standard InChI is InChI=1S/C20H26N4O4/c1-2-21-18(27)24-9-7-13-5-6-15(10-16(13)24)22-19(28)23-11-14-4-3-8-20(14,12-23)17(25)26/h5-6,10,14H,2-4,7-9,11-12H2,1H3,(H,21,27)(H,22,28)(H,25,26)/t14-,20+/m0/s1. The van der Waals surface area contributed by atoms with Crippen LogP contribution in [-0.2, 0) is 11.2 Å². The largest absolute Gasteiger partial charge is 0.481 e. The lowest BCUT2D eigenvalue weighted by Crippen LogP contribution is -2.39. The quantitative estimate of drug-likeness (QED) is 0.743. The molecule has 0 aromatic heterocycles. The van der Waals surface area contributed by atoms with Crippen LogP contribution >= 0.6 is 0 Å².